The van der Waals surface area contributed by atoms with Crippen molar-refractivity contribution in [3.8, 4) is 0 Å². The van der Waals surface area contributed by atoms with Gasteiger partial charge in [0.2, 0.25) is 10.0 Å². The van der Waals surface area contributed by atoms with Crippen LogP contribution in [0.4, 0.5) is 0 Å². The lowest BCUT2D eigenvalue weighted by Crippen LogP contribution is -2.26. The lowest BCUT2D eigenvalue weighted by atomic mass is 10.5. The quantitative estimate of drug-likeness (QED) is 0.912. The number of aliphatic hydroxyl groups is 1. The molecule has 0 radical (unpaired) electrons. The van der Waals surface area contributed by atoms with E-state index in [1.54, 1.807) is 17.5 Å². The molecule has 0 unspecified atom stereocenters. The maximum absolute atomic E-state index is 12.4. The van der Waals surface area contributed by atoms with Crippen molar-refractivity contribution in [2.45, 2.75) is 18.0 Å². The summed E-state index contributed by atoms with van der Waals surface area (Å²) < 4.78 is 26.6. The Labute approximate surface area is 124 Å². The van der Waals surface area contributed by atoms with E-state index in [1.807, 2.05) is 0 Å². The third-order valence-electron chi connectivity index (χ3n) is 2.54. The van der Waals surface area contributed by atoms with Gasteiger partial charge in [0, 0.05) is 23.3 Å². The van der Waals surface area contributed by atoms with Crippen LogP contribution in [0.1, 0.15) is 9.75 Å². The Morgan fingerprint density at radius 1 is 1.37 bits per heavy atom. The number of hydrogen-bond donors (Lipinski definition) is 1. The Morgan fingerprint density at radius 3 is 2.68 bits per heavy atom. The van der Waals surface area contributed by atoms with Gasteiger partial charge >= 0.3 is 0 Å². The molecule has 0 saturated heterocycles. The first-order chi connectivity index (χ1) is 8.95. The minimum atomic E-state index is -3.58. The van der Waals surface area contributed by atoms with E-state index in [1.165, 1.54) is 40.1 Å². The number of sulfonamides is 1. The SMILES string of the molecule is CN(Cc1ccc(Cl)s1)S(=O)(=O)c1ccsc1CO. The van der Waals surface area contributed by atoms with Gasteiger partial charge in [-0.2, -0.15) is 4.31 Å². The molecule has 4 nitrogen and oxygen atoms in total. The van der Waals surface area contributed by atoms with Crippen LogP contribution in [0, 0.1) is 0 Å². The summed E-state index contributed by atoms with van der Waals surface area (Å²) >= 11 is 8.41. The summed E-state index contributed by atoms with van der Waals surface area (Å²) in [7, 11) is -2.06. The average molecular weight is 338 g/mol. The van der Waals surface area contributed by atoms with Gasteiger partial charge in [0.25, 0.3) is 0 Å². The van der Waals surface area contributed by atoms with E-state index in [2.05, 4.69) is 0 Å². The maximum Gasteiger partial charge on any atom is 0.244 e. The second-order valence-electron chi connectivity index (χ2n) is 3.83. The summed E-state index contributed by atoms with van der Waals surface area (Å²) in [6, 6.07) is 5.06. The van der Waals surface area contributed by atoms with Crippen LogP contribution in [0.5, 0.6) is 0 Å². The van der Waals surface area contributed by atoms with Crippen LogP contribution in [0.2, 0.25) is 4.34 Å². The zero-order chi connectivity index (χ0) is 14.0. The van der Waals surface area contributed by atoms with Gasteiger partial charge in [0.05, 0.1) is 15.8 Å². The molecule has 0 spiro atoms. The molecule has 0 saturated carbocycles. The van der Waals surface area contributed by atoms with Gasteiger partial charge in [-0.3, -0.25) is 0 Å². The van der Waals surface area contributed by atoms with E-state index < -0.39 is 10.0 Å². The molecule has 104 valence electrons. The number of nitrogens with zero attached hydrogens (tertiary/aromatic N) is 1. The molecular formula is C11H12ClNO3S3. The first kappa shape index (κ1) is 15.0. The molecule has 2 rings (SSSR count). The van der Waals surface area contributed by atoms with Crippen molar-refractivity contribution < 1.29 is 13.5 Å². The van der Waals surface area contributed by atoms with E-state index >= 15 is 0 Å². The standard InChI is InChI=1S/C11H12ClNO3S3/c1-13(6-8-2-3-11(12)18-8)19(15,16)10-4-5-17-9(10)7-14/h2-5,14H,6-7H2,1H3. The molecule has 0 bridgehead atoms. The lowest BCUT2D eigenvalue weighted by Gasteiger charge is -2.16. The minimum absolute atomic E-state index is 0.171. The van der Waals surface area contributed by atoms with Crippen LogP contribution in [-0.4, -0.2) is 24.9 Å². The highest BCUT2D eigenvalue weighted by Gasteiger charge is 2.25. The fraction of sp³-hybridized carbons (Fsp3) is 0.273. The highest BCUT2D eigenvalue weighted by atomic mass is 35.5. The van der Waals surface area contributed by atoms with Crippen LogP contribution in [0.15, 0.2) is 28.5 Å². The summed E-state index contributed by atoms with van der Waals surface area (Å²) in [6.07, 6.45) is 0. The molecule has 2 aromatic rings. The van der Waals surface area contributed by atoms with Gasteiger partial charge in [0.1, 0.15) is 0 Å². The summed E-state index contributed by atoms with van der Waals surface area (Å²) in [4.78, 5) is 1.50. The van der Waals surface area contributed by atoms with Crippen molar-refractivity contribution in [2.75, 3.05) is 7.05 Å². The molecule has 0 fully saturated rings. The third-order valence-corrected chi connectivity index (χ3v) is 6.68. The largest absolute Gasteiger partial charge is 0.391 e. The smallest absolute Gasteiger partial charge is 0.244 e. The Hall–Kier alpha value is -0.440. The number of halogens is 1. The molecule has 0 aromatic carbocycles. The molecule has 19 heavy (non-hydrogen) atoms. The zero-order valence-corrected chi connectivity index (χ0v) is 13.2. The van der Waals surface area contributed by atoms with Gasteiger partial charge in [0.15, 0.2) is 0 Å². The monoisotopic (exact) mass is 337 g/mol. The van der Waals surface area contributed by atoms with Crippen LogP contribution in [0.3, 0.4) is 0 Å². The minimum Gasteiger partial charge on any atom is -0.391 e. The number of aliphatic hydroxyl groups excluding tert-OH is 1. The first-order valence-corrected chi connectivity index (χ1v) is 8.84. The summed E-state index contributed by atoms with van der Waals surface area (Å²) in [5.74, 6) is 0. The van der Waals surface area contributed by atoms with Gasteiger partial charge in [-0.1, -0.05) is 11.6 Å². The second kappa shape index (κ2) is 5.90. The van der Waals surface area contributed by atoms with E-state index in [4.69, 9.17) is 16.7 Å². The number of thiophene rings is 2. The Kier molecular flexibility index (Phi) is 4.65. The summed E-state index contributed by atoms with van der Waals surface area (Å²) in [6.45, 7) is -0.00860. The van der Waals surface area contributed by atoms with Crippen LogP contribution in [-0.2, 0) is 23.2 Å². The van der Waals surface area contributed by atoms with E-state index in [0.29, 0.717) is 9.21 Å². The van der Waals surface area contributed by atoms with Crippen molar-refractivity contribution in [3.05, 3.63) is 37.7 Å². The third kappa shape index (κ3) is 3.18. The molecule has 0 aliphatic rings. The van der Waals surface area contributed by atoms with Crippen molar-refractivity contribution in [1.29, 1.82) is 0 Å². The van der Waals surface area contributed by atoms with Crippen molar-refractivity contribution in [2.24, 2.45) is 0 Å². The molecule has 0 amide bonds. The van der Waals surface area contributed by atoms with Crippen molar-refractivity contribution in [3.63, 3.8) is 0 Å². The second-order valence-corrected chi connectivity index (χ2v) is 8.65. The van der Waals surface area contributed by atoms with E-state index in [0.717, 1.165) is 4.88 Å². The van der Waals surface area contributed by atoms with E-state index in [-0.39, 0.29) is 18.0 Å². The lowest BCUT2D eigenvalue weighted by molar-refractivity contribution is 0.282. The van der Waals surface area contributed by atoms with Crippen LogP contribution >= 0.6 is 34.3 Å². The molecule has 0 aliphatic heterocycles. The number of rotatable bonds is 5. The molecule has 2 aromatic heterocycles. The summed E-state index contributed by atoms with van der Waals surface area (Å²) in [5.41, 5.74) is 0. The van der Waals surface area contributed by atoms with E-state index in [9.17, 15) is 8.42 Å². The molecule has 0 aliphatic carbocycles. The predicted molar refractivity (Wildman–Crippen MR) is 78.2 cm³/mol. The Bertz CT molecular complexity index is 662. The molecule has 2 heterocycles. The highest BCUT2D eigenvalue weighted by molar-refractivity contribution is 7.89. The van der Waals surface area contributed by atoms with Crippen molar-refractivity contribution >= 4 is 44.3 Å². The normalized spacial score (nSPS) is 12.2. The molecule has 0 atom stereocenters. The maximum atomic E-state index is 12.4. The topological polar surface area (TPSA) is 57.6 Å². The molecule has 8 heteroatoms. The zero-order valence-electron chi connectivity index (χ0n) is 10.0. The highest BCUT2D eigenvalue weighted by Crippen LogP contribution is 2.27. The Morgan fingerprint density at radius 2 is 2.11 bits per heavy atom. The Balaban J connectivity index is 2.24. The van der Waals surface area contributed by atoms with Crippen molar-refractivity contribution in [1.82, 2.24) is 4.31 Å². The van der Waals surface area contributed by atoms with Crippen LogP contribution < -0.4 is 0 Å². The molecular weight excluding hydrogens is 326 g/mol. The van der Waals surface area contributed by atoms with Gasteiger partial charge < -0.3 is 5.11 Å². The van der Waals surface area contributed by atoms with Crippen LogP contribution in [0.25, 0.3) is 0 Å². The molecule has 1 N–H and O–H groups in total. The summed E-state index contributed by atoms with van der Waals surface area (Å²) in [5, 5.41) is 10.8. The van der Waals surface area contributed by atoms with Gasteiger partial charge in [-0.25, -0.2) is 8.42 Å². The fourth-order valence-electron chi connectivity index (χ4n) is 1.58. The van der Waals surface area contributed by atoms with Gasteiger partial charge in [-0.05, 0) is 23.6 Å². The number of hydrogen-bond acceptors (Lipinski definition) is 5. The van der Waals surface area contributed by atoms with Gasteiger partial charge in [-0.15, -0.1) is 22.7 Å². The fourth-order valence-corrected chi connectivity index (χ4v) is 5.22. The predicted octanol–water partition coefficient (Wildman–Crippen LogP) is 2.78. The first-order valence-electron chi connectivity index (χ1n) is 5.33. The average Bonchev–Trinajstić information content (AvgIpc) is 2.97.